The van der Waals surface area contributed by atoms with Crippen molar-refractivity contribution >= 4 is 34.6 Å². The van der Waals surface area contributed by atoms with Gasteiger partial charge in [-0.25, -0.2) is 4.79 Å². The number of ether oxygens (including phenoxy) is 1. The second-order valence-electron chi connectivity index (χ2n) is 4.71. The third-order valence-electron chi connectivity index (χ3n) is 3.04. The lowest BCUT2D eigenvalue weighted by molar-refractivity contribution is 0.0280. The standard InChI is InChI=1S/C15H12ClN3O3S/c1-8(13-18-19-14(22-13)12-3-2-6-23-12)21-15(20)9-4-5-10(16)11(17)7-9/h2-8H,17H2,1H3/t8-/m0/s1. The minimum absolute atomic E-state index is 0.226. The molecule has 2 N–H and O–H groups in total. The molecule has 118 valence electrons. The SMILES string of the molecule is C[C@H](OC(=O)c1ccc(Cl)c(N)c1)c1nnc(-c2cccs2)o1. The lowest BCUT2D eigenvalue weighted by atomic mass is 10.2. The summed E-state index contributed by atoms with van der Waals surface area (Å²) in [5.41, 5.74) is 6.29. The number of halogens is 1. The van der Waals surface area contributed by atoms with Crippen LogP contribution in [0.1, 0.15) is 29.3 Å². The van der Waals surface area contributed by atoms with Gasteiger partial charge in [-0.15, -0.1) is 21.5 Å². The quantitative estimate of drug-likeness (QED) is 0.566. The van der Waals surface area contributed by atoms with Gasteiger partial charge in [0, 0.05) is 0 Å². The van der Waals surface area contributed by atoms with Crippen molar-refractivity contribution in [1.82, 2.24) is 10.2 Å². The van der Waals surface area contributed by atoms with Crippen LogP contribution in [-0.2, 0) is 4.74 Å². The van der Waals surface area contributed by atoms with Gasteiger partial charge in [0.1, 0.15) is 0 Å². The van der Waals surface area contributed by atoms with Crippen molar-refractivity contribution in [1.29, 1.82) is 0 Å². The van der Waals surface area contributed by atoms with Gasteiger partial charge in [-0.05, 0) is 36.6 Å². The molecule has 0 amide bonds. The summed E-state index contributed by atoms with van der Waals surface area (Å²) in [6, 6.07) is 8.30. The largest absolute Gasteiger partial charge is 0.449 e. The highest BCUT2D eigenvalue weighted by atomic mass is 35.5. The number of carbonyl (C=O) groups is 1. The predicted octanol–water partition coefficient (Wildman–Crippen LogP) is 3.95. The van der Waals surface area contributed by atoms with E-state index >= 15 is 0 Å². The van der Waals surface area contributed by atoms with Gasteiger partial charge in [-0.1, -0.05) is 17.7 Å². The molecule has 0 bridgehead atoms. The zero-order chi connectivity index (χ0) is 16.4. The molecular formula is C15H12ClN3O3S. The molecule has 3 rings (SSSR count). The molecule has 0 spiro atoms. The molecule has 8 heteroatoms. The van der Waals surface area contributed by atoms with Gasteiger partial charge < -0.3 is 14.9 Å². The van der Waals surface area contributed by atoms with E-state index in [1.165, 1.54) is 17.4 Å². The van der Waals surface area contributed by atoms with Crippen LogP contribution in [0.15, 0.2) is 40.1 Å². The predicted molar refractivity (Wildman–Crippen MR) is 87.3 cm³/mol. The summed E-state index contributed by atoms with van der Waals surface area (Å²) in [7, 11) is 0. The lowest BCUT2D eigenvalue weighted by Crippen LogP contribution is -2.10. The van der Waals surface area contributed by atoms with Crippen molar-refractivity contribution in [3.8, 4) is 10.8 Å². The summed E-state index contributed by atoms with van der Waals surface area (Å²) in [5.74, 6) is 0.0778. The van der Waals surface area contributed by atoms with Crippen molar-refractivity contribution in [2.24, 2.45) is 0 Å². The van der Waals surface area contributed by atoms with Gasteiger partial charge in [0.05, 0.1) is 21.2 Å². The maximum atomic E-state index is 12.1. The number of carbonyl (C=O) groups excluding carboxylic acids is 1. The molecule has 0 aliphatic heterocycles. The highest BCUT2D eigenvalue weighted by Gasteiger charge is 2.20. The number of hydrogen-bond acceptors (Lipinski definition) is 7. The van der Waals surface area contributed by atoms with E-state index in [9.17, 15) is 4.79 Å². The van der Waals surface area contributed by atoms with E-state index in [2.05, 4.69) is 10.2 Å². The fourth-order valence-corrected chi connectivity index (χ4v) is 2.61. The van der Waals surface area contributed by atoms with E-state index < -0.39 is 12.1 Å². The summed E-state index contributed by atoms with van der Waals surface area (Å²) < 4.78 is 10.9. The monoisotopic (exact) mass is 349 g/mol. The van der Waals surface area contributed by atoms with Crippen LogP contribution in [0.4, 0.5) is 5.69 Å². The fraction of sp³-hybridized carbons (Fsp3) is 0.133. The smallest absolute Gasteiger partial charge is 0.338 e. The van der Waals surface area contributed by atoms with Gasteiger partial charge in [-0.2, -0.15) is 0 Å². The molecule has 0 radical (unpaired) electrons. The zero-order valence-corrected chi connectivity index (χ0v) is 13.6. The average Bonchev–Trinajstić information content (AvgIpc) is 3.20. The number of nitrogens with zero attached hydrogens (tertiary/aromatic N) is 2. The Hall–Kier alpha value is -2.38. The number of thiophene rings is 1. The first-order valence-corrected chi connectivity index (χ1v) is 7.93. The topological polar surface area (TPSA) is 91.2 Å². The van der Waals surface area contributed by atoms with E-state index in [1.54, 1.807) is 19.1 Å². The summed E-state index contributed by atoms with van der Waals surface area (Å²) in [4.78, 5) is 13.0. The molecule has 0 aliphatic carbocycles. The number of anilines is 1. The van der Waals surface area contributed by atoms with Gasteiger partial charge in [0.15, 0.2) is 6.10 Å². The van der Waals surface area contributed by atoms with Gasteiger partial charge in [0.25, 0.3) is 11.8 Å². The van der Waals surface area contributed by atoms with E-state index in [-0.39, 0.29) is 5.89 Å². The number of aromatic nitrogens is 2. The number of esters is 1. The zero-order valence-electron chi connectivity index (χ0n) is 12.0. The molecule has 1 aromatic carbocycles. The minimum atomic E-state index is -0.680. The summed E-state index contributed by atoms with van der Waals surface area (Å²) in [5, 5.41) is 10.2. The van der Waals surface area contributed by atoms with Crippen LogP contribution >= 0.6 is 22.9 Å². The molecule has 2 heterocycles. The first kappa shape index (κ1) is 15.5. The first-order chi connectivity index (χ1) is 11.0. The van der Waals surface area contributed by atoms with Crippen molar-refractivity contribution in [2.75, 3.05) is 5.73 Å². The number of hydrogen-bond donors (Lipinski definition) is 1. The Morgan fingerprint density at radius 2 is 2.22 bits per heavy atom. The maximum absolute atomic E-state index is 12.1. The minimum Gasteiger partial charge on any atom is -0.449 e. The number of rotatable bonds is 4. The van der Waals surface area contributed by atoms with Gasteiger partial charge in [-0.3, -0.25) is 0 Å². The van der Waals surface area contributed by atoms with Crippen LogP contribution in [0.5, 0.6) is 0 Å². The summed E-state index contributed by atoms with van der Waals surface area (Å²) in [6.07, 6.45) is -0.680. The van der Waals surface area contributed by atoms with E-state index in [0.717, 1.165) is 4.88 Å². The maximum Gasteiger partial charge on any atom is 0.338 e. The number of nitrogen functional groups attached to an aromatic ring is 1. The first-order valence-electron chi connectivity index (χ1n) is 6.68. The molecule has 2 aromatic heterocycles. The molecule has 0 fully saturated rings. The Bertz CT molecular complexity index is 832. The Morgan fingerprint density at radius 1 is 1.39 bits per heavy atom. The molecular weight excluding hydrogens is 338 g/mol. The van der Waals surface area contributed by atoms with Gasteiger partial charge >= 0.3 is 5.97 Å². The Morgan fingerprint density at radius 3 is 2.91 bits per heavy atom. The fourth-order valence-electron chi connectivity index (χ4n) is 1.85. The average molecular weight is 350 g/mol. The second-order valence-corrected chi connectivity index (χ2v) is 6.06. The molecule has 3 aromatic rings. The van der Waals surface area contributed by atoms with Crippen LogP contribution < -0.4 is 5.73 Å². The van der Waals surface area contributed by atoms with Crippen molar-refractivity contribution in [3.05, 3.63) is 52.2 Å². The van der Waals surface area contributed by atoms with Crippen LogP contribution in [0, 0.1) is 0 Å². The third-order valence-corrected chi connectivity index (χ3v) is 4.24. The van der Waals surface area contributed by atoms with Crippen molar-refractivity contribution < 1.29 is 13.9 Å². The molecule has 1 atom stereocenters. The van der Waals surface area contributed by atoms with Crippen LogP contribution in [0.25, 0.3) is 10.8 Å². The highest BCUT2D eigenvalue weighted by Crippen LogP contribution is 2.26. The summed E-state index contributed by atoms with van der Waals surface area (Å²) >= 11 is 7.31. The molecule has 0 saturated heterocycles. The van der Waals surface area contributed by atoms with Gasteiger partial charge in [0.2, 0.25) is 0 Å². The second kappa shape index (κ2) is 6.39. The van der Waals surface area contributed by atoms with Crippen molar-refractivity contribution in [3.63, 3.8) is 0 Å². The van der Waals surface area contributed by atoms with E-state index in [1.807, 2.05) is 17.5 Å². The molecule has 0 aliphatic rings. The lowest BCUT2D eigenvalue weighted by Gasteiger charge is -2.10. The van der Waals surface area contributed by atoms with Crippen LogP contribution in [0.3, 0.4) is 0 Å². The van der Waals surface area contributed by atoms with Crippen molar-refractivity contribution in [2.45, 2.75) is 13.0 Å². The number of benzene rings is 1. The normalized spacial score (nSPS) is 12.1. The van der Waals surface area contributed by atoms with Crippen LogP contribution in [0.2, 0.25) is 5.02 Å². The van der Waals surface area contributed by atoms with Crippen LogP contribution in [-0.4, -0.2) is 16.2 Å². The molecule has 0 unspecified atom stereocenters. The van der Waals surface area contributed by atoms with E-state index in [4.69, 9.17) is 26.5 Å². The Balaban J connectivity index is 1.72. The molecule has 0 saturated carbocycles. The Labute approximate surface area is 140 Å². The molecule has 23 heavy (non-hydrogen) atoms. The highest BCUT2D eigenvalue weighted by molar-refractivity contribution is 7.13. The molecule has 6 nitrogen and oxygen atoms in total. The Kier molecular flexibility index (Phi) is 4.31. The summed E-state index contributed by atoms with van der Waals surface area (Å²) in [6.45, 7) is 1.66. The third kappa shape index (κ3) is 3.35. The van der Waals surface area contributed by atoms with E-state index in [0.29, 0.717) is 22.2 Å². The number of nitrogens with two attached hydrogens (primary N) is 1.